The number of ether oxygens (including phenoxy) is 1. The summed E-state index contributed by atoms with van der Waals surface area (Å²) in [5.41, 5.74) is 0.802. The van der Waals surface area contributed by atoms with Crippen molar-refractivity contribution in [3.63, 3.8) is 0 Å². The van der Waals surface area contributed by atoms with Crippen molar-refractivity contribution < 1.29 is 14.5 Å². The van der Waals surface area contributed by atoms with Gasteiger partial charge in [0.05, 0.1) is 18.1 Å². The van der Waals surface area contributed by atoms with E-state index in [0.29, 0.717) is 19.7 Å². The van der Waals surface area contributed by atoms with E-state index in [9.17, 15) is 14.9 Å². The van der Waals surface area contributed by atoms with Crippen LogP contribution in [-0.2, 0) is 16.1 Å². The first-order valence-corrected chi connectivity index (χ1v) is 6.19. The second-order valence-electron chi connectivity index (χ2n) is 3.50. The molecular weight excluding hydrogens is 258 g/mol. The molecule has 0 saturated heterocycles. The minimum Gasteiger partial charge on any atom is -0.383 e. The van der Waals surface area contributed by atoms with Gasteiger partial charge in [0.25, 0.3) is 0 Å². The Morgan fingerprint density at radius 1 is 1.61 bits per heavy atom. The third-order valence-corrected chi connectivity index (χ3v) is 2.99. The van der Waals surface area contributed by atoms with Crippen LogP contribution in [0.1, 0.15) is 5.56 Å². The molecule has 0 aromatic carbocycles. The van der Waals surface area contributed by atoms with Crippen LogP contribution < -0.4 is 10.6 Å². The predicted molar refractivity (Wildman–Crippen MR) is 67.6 cm³/mol. The molecule has 0 fully saturated rings. The first kappa shape index (κ1) is 14.6. The van der Waals surface area contributed by atoms with Crippen molar-refractivity contribution in [1.29, 1.82) is 0 Å². The van der Waals surface area contributed by atoms with Crippen LogP contribution in [0.3, 0.4) is 0 Å². The molecule has 0 atom stereocenters. The van der Waals surface area contributed by atoms with Crippen molar-refractivity contribution in [2.24, 2.45) is 0 Å². The van der Waals surface area contributed by atoms with Gasteiger partial charge in [-0.25, -0.2) is 0 Å². The van der Waals surface area contributed by atoms with Gasteiger partial charge >= 0.3 is 5.00 Å². The number of carbonyl (C=O) groups is 1. The molecule has 8 heteroatoms. The van der Waals surface area contributed by atoms with E-state index in [2.05, 4.69) is 10.6 Å². The molecule has 18 heavy (non-hydrogen) atoms. The van der Waals surface area contributed by atoms with E-state index in [1.807, 2.05) is 0 Å². The highest BCUT2D eigenvalue weighted by Crippen LogP contribution is 2.22. The van der Waals surface area contributed by atoms with Crippen LogP contribution in [0.15, 0.2) is 11.4 Å². The fraction of sp³-hybridized carbons (Fsp3) is 0.500. The van der Waals surface area contributed by atoms with Gasteiger partial charge in [0.15, 0.2) is 0 Å². The summed E-state index contributed by atoms with van der Waals surface area (Å²) in [5, 5.41) is 17.8. The van der Waals surface area contributed by atoms with Crippen LogP contribution in [0.5, 0.6) is 0 Å². The molecule has 0 aliphatic rings. The number of nitrogens with one attached hydrogen (secondary N) is 2. The molecule has 2 N–H and O–H groups in total. The maximum atomic E-state index is 11.3. The van der Waals surface area contributed by atoms with Crippen LogP contribution in [-0.4, -0.2) is 37.6 Å². The number of hydrogen-bond acceptors (Lipinski definition) is 6. The van der Waals surface area contributed by atoms with Crippen molar-refractivity contribution in [1.82, 2.24) is 10.6 Å². The van der Waals surface area contributed by atoms with Crippen molar-refractivity contribution in [3.8, 4) is 0 Å². The smallest absolute Gasteiger partial charge is 0.324 e. The fourth-order valence-electron chi connectivity index (χ4n) is 1.23. The van der Waals surface area contributed by atoms with Gasteiger partial charge in [-0.05, 0) is 5.56 Å². The lowest BCUT2D eigenvalue weighted by Gasteiger charge is -2.05. The van der Waals surface area contributed by atoms with Gasteiger partial charge in [0.2, 0.25) is 5.91 Å². The second kappa shape index (κ2) is 7.75. The summed E-state index contributed by atoms with van der Waals surface area (Å²) >= 11 is 1.08. The Morgan fingerprint density at radius 2 is 2.39 bits per heavy atom. The number of nitrogens with zero attached hydrogens (tertiary/aromatic N) is 1. The monoisotopic (exact) mass is 273 g/mol. The van der Waals surface area contributed by atoms with Crippen LogP contribution in [0.4, 0.5) is 5.00 Å². The number of rotatable bonds is 8. The largest absolute Gasteiger partial charge is 0.383 e. The third kappa shape index (κ3) is 5.21. The Bertz CT molecular complexity index is 408. The number of thiophene rings is 1. The molecular formula is C10H15N3O4S. The molecule has 0 radical (unpaired) electrons. The van der Waals surface area contributed by atoms with Gasteiger partial charge in [-0.15, -0.1) is 0 Å². The zero-order chi connectivity index (χ0) is 13.4. The molecule has 7 nitrogen and oxygen atoms in total. The molecule has 0 bridgehead atoms. The molecule has 100 valence electrons. The highest BCUT2D eigenvalue weighted by atomic mass is 32.1. The summed E-state index contributed by atoms with van der Waals surface area (Å²) in [6, 6.07) is 1.50. The highest BCUT2D eigenvalue weighted by molar-refractivity contribution is 7.13. The SMILES string of the molecule is COCCNC(=O)CNCc1csc([N+](=O)[O-])c1. The van der Waals surface area contributed by atoms with E-state index < -0.39 is 4.92 Å². The molecule has 1 amide bonds. The quantitative estimate of drug-likeness (QED) is 0.409. The predicted octanol–water partition coefficient (Wildman–Crippen LogP) is 0.509. The maximum absolute atomic E-state index is 11.3. The molecule has 1 rings (SSSR count). The zero-order valence-corrected chi connectivity index (χ0v) is 10.8. The Hall–Kier alpha value is -1.51. The van der Waals surface area contributed by atoms with Crippen LogP contribution in [0.25, 0.3) is 0 Å². The van der Waals surface area contributed by atoms with Crippen LogP contribution >= 0.6 is 11.3 Å². The van der Waals surface area contributed by atoms with Crippen LogP contribution in [0, 0.1) is 10.1 Å². The van der Waals surface area contributed by atoms with Gasteiger partial charge in [0.1, 0.15) is 0 Å². The molecule has 1 aromatic heterocycles. The van der Waals surface area contributed by atoms with E-state index >= 15 is 0 Å². The van der Waals surface area contributed by atoms with E-state index in [0.717, 1.165) is 16.9 Å². The number of carbonyl (C=O) groups excluding carboxylic acids is 1. The summed E-state index contributed by atoms with van der Waals surface area (Å²) in [5.74, 6) is -0.128. The molecule has 0 saturated carbocycles. The summed E-state index contributed by atoms with van der Waals surface area (Å²) < 4.78 is 4.79. The van der Waals surface area contributed by atoms with E-state index in [1.165, 1.54) is 6.07 Å². The van der Waals surface area contributed by atoms with Gasteiger partial charge in [-0.1, -0.05) is 11.3 Å². The lowest BCUT2D eigenvalue weighted by Crippen LogP contribution is -2.35. The molecule has 0 unspecified atom stereocenters. The Labute approximate surface area is 108 Å². The van der Waals surface area contributed by atoms with Gasteiger partial charge in [0, 0.05) is 31.6 Å². The van der Waals surface area contributed by atoms with Crippen LogP contribution in [0.2, 0.25) is 0 Å². The highest BCUT2D eigenvalue weighted by Gasteiger charge is 2.09. The Balaban J connectivity index is 2.20. The average Bonchev–Trinajstić information content (AvgIpc) is 2.78. The maximum Gasteiger partial charge on any atom is 0.324 e. The van der Waals surface area contributed by atoms with Crippen molar-refractivity contribution in [2.75, 3.05) is 26.8 Å². The first-order chi connectivity index (χ1) is 8.63. The molecule has 0 spiro atoms. The van der Waals surface area contributed by atoms with Gasteiger partial charge in [-0.3, -0.25) is 14.9 Å². The van der Waals surface area contributed by atoms with E-state index in [-0.39, 0.29) is 17.5 Å². The van der Waals surface area contributed by atoms with Crippen molar-refractivity contribution in [2.45, 2.75) is 6.54 Å². The summed E-state index contributed by atoms with van der Waals surface area (Å²) in [6.45, 7) is 1.55. The second-order valence-corrected chi connectivity index (χ2v) is 4.39. The summed E-state index contributed by atoms with van der Waals surface area (Å²) in [6.07, 6.45) is 0. The average molecular weight is 273 g/mol. The van der Waals surface area contributed by atoms with E-state index in [4.69, 9.17) is 4.74 Å². The normalized spacial score (nSPS) is 10.3. The summed E-state index contributed by atoms with van der Waals surface area (Å²) in [7, 11) is 1.56. The Morgan fingerprint density at radius 3 is 3.00 bits per heavy atom. The number of amides is 1. The van der Waals surface area contributed by atoms with Crippen molar-refractivity contribution >= 4 is 22.2 Å². The van der Waals surface area contributed by atoms with Gasteiger partial charge < -0.3 is 15.4 Å². The zero-order valence-electron chi connectivity index (χ0n) is 9.97. The molecule has 1 aromatic rings. The molecule has 0 aliphatic heterocycles. The third-order valence-electron chi connectivity index (χ3n) is 2.06. The standard InChI is InChI=1S/C10H15N3O4S/c1-17-3-2-12-9(14)6-11-5-8-4-10(13(15)16)18-7-8/h4,7,11H,2-3,5-6H2,1H3,(H,12,14). The molecule has 1 heterocycles. The lowest BCUT2D eigenvalue weighted by molar-refractivity contribution is -0.380. The van der Waals surface area contributed by atoms with Gasteiger partial charge in [-0.2, -0.15) is 0 Å². The van der Waals surface area contributed by atoms with Crippen molar-refractivity contribution in [3.05, 3.63) is 27.1 Å². The van der Waals surface area contributed by atoms with E-state index in [1.54, 1.807) is 12.5 Å². The fourth-order valence-corrected chi connectivity index (χ4v) is 1.96. The number of methoxy groups -OCH3 is 1. The molecule has 0 aliphatic carbocycles. The minimum atomic E-state index is -0.425. The first-order valence-electron chi connectivity index (χ1n) is 5.31. The Kier molecular flexibility index (Phi) is 6.26. The minimum absolute atomic E-state index is 0.108. The lowest BCUT2D eigenvalue weighted by atomic mass is 10.3. The topological polar surface area (TPSA) is 93.5 Å². The summed E-state index contributed by atoms with van der Waals surface area (Å²) in [4.78, 5) is 21.3. The number of hydrogen-bond donors (Lipinski definition) is 2. The number of nitro groups is 1.